The van der Waals surface area contributed by atoms with Gasteiger partial charge in [-0.25, -0.2) is 0 Å². The molecule has 0 atom stereocenters. The fourth-order valence-corrected chi connectivity index (χ4v) is 0.874. The van der Waals surface area contributed by atoms with Gasteiger partial charge in [-0.15, -0.1) is 0 Å². The van der Waals surface area contributed by atoms with Crippen molar-refractivity contribution in [2.45, 2.75) is 31.2 Å². The maximum atomic E-state index is 10.7. The molecule has 0 aromatic rings. The maximum Gasteiger partial charge on any atom is 0.522 e. The third-order valence-corrected chi connectivity index (χ3v) is 2.25. The number of rotatable bonds is 0. The van der Waals surface area contributed by atoms with Crippen LogP contribution in [0.4, 0.5) is 13.2 Å². The van der Waals surface area contributed by atoms with Crippen LogP contribution in [0.3, 0.4) is 0 Å². The van der Waals surface area contributed by atoms with Crippen LogP contribution < -0.4 is 0 Å². The fourth-order valence-electron chi connectivity index (χ4n) is 0.874. The maximum absolute atomic E-state index is 10.7. The largest absolute Gasteiger partial charge is 0.522 e. The molecule has 0 saturated heterocycles. The molecule has 0 saturated carbocycles. The molecule has 1 aliphatic carbocycles. The summed E-state index contributed by atoms with van der Waals surface area (Å²) in [7, 11) is -5.84. The topological polar surface area (TPSA) is 54.4 Å². The van der Waals surface area contributed by atoms with Gasteiger partial charge in [-0.3, -0.25) is 4.55 Å². The van der Waals surface area contributed by atoms with Crippen LogP contribution in [0.25, 0.3) is 0 Å². The Labute approximate surface area is 111 Å². The van der Waals surface area contributed by atoms with E-state index in [0.717, 1.165) is 0 Å². The van der Waals surface area contributed by atoms with Crippen LogP contribution >= 0.6 is 0 Å². The van der Waals surface area contributed by atoms with E-state index in [4.69, 9.17) is 13.0 Å². The van der Waals surface area contributed by atoms with Crippen LogP contribution in [0.2, 0.25) is 0 Å². The minimum absolute atomic E-state index is 0. The van der Waals surface area contributed by atoms with Crippen LogP contribution in [-0.4, -0.2) is 18.5 Å². The van der Waals surface area contributed by atoms with Crippen LogP contribution in [0, 0.1) is 0 Å². The molecule has 1 radical (unpaired) electrons. The zero-order chi connectivity index (χ0) is 12.7. The summed E-state index contributed by atoms with van der Waals surface area (Å²) in [6, 6.07) is 0. The van der Waals surface area contributed by atoms with Gasteiger partial charge in [-0.05, 0) is 25.7 Å². The summed E-state index contributed by atoms with van der Waals surface area (Å²) in [4.78, 5) is 0. The first kappa shape index (κ1) is 19.2. The van der Waals surface area contributed by atoms with Gasteiger partial charge in [0.25, 0.3) is 0 Å². The second-order valence-corrected chi connectivity index (χ2v) is 4.47. The molecular weight excluding hydrogens is 348 g/mol. The minimum Gasteiger partial charge on any atom is -0.279 e. The second-order valence-electron chi connectivity index (χ2n) is 3.06. The zero-order valence-electron chi connectivity index (χ0n) is 8.78. The Hall–Kier alpha value is -0.197. The number of hydrogen-bond acceptors (Lipinski definition) is 2. The predicted molar refractivity (Wildman–Crippen MR) is 54.4 cm³/mol. The summed E-state index contributed by atoms with van der Waals surface area (Å²) < 4.78 is 57.5. The third kappa shape index (κ3) is 10.7. The van der Waals surface area contributed by atoms with E-state index in [1.54, 1.807) is 0 Å². The van der Waals surface area contributed by atoms with Crippen molar-refractivity contribution < 1.29 is 45.6 Å². The van der Waals surface area contributed by atoms with Gasteiger partial charge in [0.15, 0.2) is 0 Å². The van der Waals surface area contributed by atoms with Gasteiger partial charge >= 0.3 is 15.6 Å². The van der Waals surface area contributed by atoms with Crippen molar-refractivity contribution in [2.24, 2.45) is 0 Å². The van der Waals surface area contributed by atoms with Crippen LogP contribution in [0.5, 0.6) is 0 Å². The van der Waals surface area contributed by atoms with Gasteiger partial charge in [0, 0.05) is 19.5 Å². The Kier molecular flexibility index (Phi) is 9.95. The average Bonchev–Trinajstić information content (AvgIpc) is 1.98. The third-order valence-electron chi connectivity index (χ3n) is 1.67. The van der Waals surface area contributed by atoms with Crippen molar-refractivity contribution in [1.29, 1.82) is 0 Å². The molecule has 1 N–H and O–H groups in total. The number of hydrogen-bond donors (Lipinski definition) is 1. The normalized spacial score (nSPS) is 16.0. The van der Waals surface area contributed by atoms with Crippen molar-refractivity contribution in [3.63, 3.8) is 0 Å². The number of halogens is 3. The molecule has 17 heavy (non-hydrogen) atoms. The first-order chi connectivity index (χ1) is 7.25. The van der Waals surface area contributed by atoms with E-state index in [1.807, 2.05) is 0 Å². The summed E-state index contributed by atoms with van der Waals surface area (Å²) in [6.45, 7) is 0. The molecule has 0 aromatic carbocycles. The van der Waals surface area contributed by atoms with Gasteiger partial charge < -0.3 is 0 Å². The van der Waals surface area contributed by atoms with Crippen molar-refractivity contribution in [3.8, 4) is 0 Å². The molecule has 0 aromatic heterocycles. The molecule has 3 nitrogen and oxygen atoms in total. The molecule has 103 valence electrons. The van der Waals surface area contributed by atoms with E-state index in [2.05, 4.69) is 24.3 Å². The summed E-state index contributed by atoms with van der Waals surface area (Å²) >= 11 is 0. The van der Waals surface area contributed by atoms with Crippen LogP contribution in [0.1, 0.15) is 25.7 Å². The summed E-state index contributed by atoms with van der Waals surface area (Å²) in [5, 5.41) is 0. The molecule has 0 fully saturated rings. The van der Waals surface area contributed by atoms with Gasteiger partial charge in [0.1, 0.15) is 0 Å². The van der Waals surface area contributed by atoms with Crippen molar-refractivity contribution in [3.05, 3.63) is 24.3 Å². The van der Waals surface area contributed by atoms with Gasteiger partial charge in [-0.1, -0.05) is 24.3 Å². The quantitative estimate of drug-likeness (QED) is 0.410. The first-order valence-corrected chi connectivity index (χ1v) is 6.04. The Morgan fingerprint density at radius 2 is 1.29 bits per heavy atom. The van der Waals surface area contributed by atoms with Gasteiger partial charge in [-0.2, -0.15) is 21.6 Å². The molecule has 0 spiro atoms. The van der Waals surface area contributed by atoms with E-state index in [-0.39, 0.29) is 19.5 Å². The average molecular weight is 361 g/mol. The van der Waals surface area contributed by atoms with E-state index in [1.165, 1.54) is 25.7 Å². The molecule has 0 unspecified atom stereocenters. The molecule has 1 rings (SSSR count). The SMILES string of the molecule is C1=CCCCCC=C1.O=S(=O)(O)C(F)(F)F.[Rh]. The molecule has 1 aliphatic rings. The van der Waals surface area contributed by atoms with Crippen LogP contribution in [-0.2, 0) is 29.6 Å². The van der Waals surface area contributed by atoms with E-state index >= 15 is 0 Å². The van der Waals surface area contributed by atoms with Gasteiger partial charge in [0.05, 0.1) is 0 Å². The Bertz CT molecular complexity index is 333. The van der Waals surface area contributed by atoms with E-state index in [9.17, 15) is 13.2 Å². The summed E-state index contributed by atoms with van der Waals surface area (Å²) in [5.74, 6) is 0. The molecule has 0 bridgehead atoms. The molecular formula is C9H13F3O3RhS. The van der Waals surface area contributed by atoms with Gasteiger partial charge in [0.2, 0.25) is 0 Å². The van der Waals surface area contributed by atoms with Crippen LogP contribution in [0.15, 0.2) is 24.3 Å². The Balaban J connectivity index is 0. The van der Waals surface area contributed by atoms with Crippen molar-refractivity contribution >= 4 is 10.1 Å². The molecule has 8 heteroatoms. The minimum atomic E-state index is -5.84. The summed E-state index contributed by atoms with van der Waals surface area (Å²) in [5.41, 5.74) is -5.53. The van der Waals surface area contributed by atoms with E-state index < -0.39 is 15.6 Å². The number of alkyl halides is 3. The standard InChI is InChI=1S/C8H12.CHF3O3S.Rh/c1-2-4-6-8-7-5-3-1;2-1(3,4)8(5,6)7;/h1-4H,5-8H2;(H,5,6,7);. The van der Waals surface area contributed by atoms with E-state index in [0.29, 0.717) is 0 Å². The first-order valence-electron chi connectivity index (χ1n) is 4.60. The summed E-state index contributed by atoms with van der Waals surface area (Å²) in [6.07, 6.45) is 14.0. The fraction of sp³-hybridized carbons (Fsp3) is 0.556. The molecule has 0 aliphatic heterocycles. The van der Waals surface area contributed by atoms with Crippen molar-refractivity contribution in [1.82, 2.24) is 0 Å². The monoisotopic (exact) mass is 361 g/mol. The Morgan fingerprint density at radius 3 is 1.53 bits per heavy atom. The molecule has 0 amide bonds. The molecule has 0 heterocycles. The second kappa shape index (κ2) is 8.83. The predicted octanol–water partition coefficient (Wildman–Crippen LogP) is 3.06. The zero-order valence-corrected chi connectivity index (χ0v) is 11.2. The Morgan fingerprint density at radius 1 is 1.00 bits per heavy atom. The van der Waals surface area contributed by atoms with Crippen molar-refractivity contribution in [2.75, 3.05) is 0 Å². The number of allylic oxidation sites excluding steroid dienone is 4. The smallest absolute Gasteiger partial charge is 0.279 e.